The number of aromatic nitrogens is 2. The minimum absolute atomic E-state index is 0.0345. The molecule has 0 aliphatic carbocycles. The van der Waals surface area contributed by atoms with Crippen LogP contribution in [0.1, 0.15) is 39.3 Å². The van der Waals surface area contributed by atoms with E-state index in [1.807, 2.05) is 49.3 Å². The third-order valence-corrected chi connectivity index (χ3v) is 5.97. The van der Waals surface area contributed by atoms with Crippen molar-refractivity contribution in [3.63, 3.8) is 0 Å². The molecule has 1 aromatic heterocycles. The molecule has 35 heavy (non-hydrogen) atoms. The van der Waals surface area contributed by atoms with Crippen molar-refractivity contribution in [3.05, 3.63) is 71.5 Å². The molecule has 0 radical (unpaired) electrons. The second-order valence-electron chi connectivity index (χ2n) is 8.83. The van der Waals surface area contributed by atoms with E-state index >= 15 is 0 Å². The number of benzene rings is 2. The molecule has 1 saturated heterocycles. The summed E-state index contributed by atoms with van der Waals surface area (Å²) in [5.41, 5.74) is 9.79. The van der Waals surface area contributed by atoms with E-state index < -0.39 is 0 Å². The maximum absolute atomic E-state index is 12.8. The highest BCUT2D eigenvalue weighted by atomic mass is 16.2. The van der Waals surface area contributed by atoms with Crippen LogP contribution in [-0.4, -0.2) is 55.0 Å². The summed E-state index contributed by atoms with van der Waals surface area (Å²) in [7, 11) is 3.97. The summed E-state index contributed by atoms with van der Waals surface area (Å²) in [6.45, 7) is 2.09. The second kappa shape index (κ2) is 11.0. The van der Waals surface area contributed by atoms with Crippen molar-refractivity contribution >= 4 is 23.3 Å². The lowest BCUT2D eigenvalue weighted by atomic mass is 10.1. The van der Waals surface area contributed by atoms with Crippen molar-refractivity contribution in [3.8, 4) is 11.3 Å². The zero-order valence-electron chi connectivity index (χ0n) is 20.0. The van der Waals surface area contributed by atoms with Gasteiger partial charge in [-0.15, -0.1) is 0 Å². The van der Waals surface area contributed by atoms with Crippen LogP contribution in [0, 0.1) is 0 Å². The first-order valence-corrected chi connectivity index (χ1v) is 11.7. The number of amides is 2. The molecule has 9 heteroatoms. The van der Waals surface area contributed by atoms with E-state index in [9.17, 15) is 9.59 Å². The molecule has 4 rings (SSSR count). The molecule has 2 heterocycles. The third kappa shape index (κ3) is 6.13. The summed E-state index contributed by atoms with van der Waals surface area (Å²) >= 11 is 0. The van der Waals surface area contributed by atoms with Gasteiger partial charge in [-0.2, -0.15) is 0 Å². The Morgan fingerprint density at radius 3 is 2.66 bits per heavy atom. The lowest BCUT2D eigenvalue weighted by Crippen LogP contribution is -2.46. The van der Waals surface area contributed by atoms with Gasteiger partial charge in [-0.25, -0.2) is 9.97 Å². The summed E-state index contributed by atoms with van der Waals surface area (Å²) in [5, 5.41) is 9.19. The van der Waals surface area contributed by atoms with Crippen molar-refractivity contribution in [2.45, 2.75) is 25.4 Å². The highest BCUT2D eigenvalue weighted by molar-refractivity contribution is 5.97. The summed E-state index contributed by atoms with van der Waals surface area (Å²) in [6, 6.07) is 15.1. The second-order valence-corrected chi connectivity index (χ2v) is 8.83. The van der Waals surface area contributed by atoms with Crippen LogP contribution in [0.3, 0.4) is 0 Å². The SMILES string of the molecule is CN(C)c1ccc(CNC(=O)c2cccc(-c3cnc(N)c(C(=O)NC4CCCNC4)n3)c2)cc1. The molecule has 1 fully saturated rings. The van der Waals surface area contributed by atoms with E-state index in [0.29, 0.717) is 23.4 Å². The first-order valence-electron chi connectivity index (χ1n) is 11.7. The standard InChI is InChI=1S/C26H31N7O2/c1-33(2)21-10-8-17(9-11-21)14-30-25(34)19-6-3-5-18(13-19)22-16-29-24(27)23(32-22)26(35)31-20-7-4-12-28-15-20/h3,5-6,8-11,13,16,20,28H,4,7,12,14-15H2,1-2H3,(H2,27,29)(H,30,34)(H,31,35). The molecule has 1 aliphatic rings. The number of nitrogens with one attached hydrogen (secondary N) is 3. The maximum atomic E-state index is 12.8. The van der Waals surface area contributed by atoms with E-state index in [0.717, 1.165) is 37.2 Å². The van der Waals surface area contributed by atoms with Gasteiger partial charge in [-0.1, -0.05) is 24.3 Å². The van der Waals surface area contributed by atoms with Crippen LogP contribution in [0.5, 0.6) is 0 Å². The third-order valence-electron chi connectivity index (χ3n) is 5.97. The van der Waals surface area contributed by atoms with Gasteiger partial charge in [-0.3, -0.25) is 9.59 Å². The van der Waals surface area contributed by atoms with Gasteiger partial charge in [0.25, 0.3) is 11.8 Å². The average molecular weight is 474 g/mol. The van der Waals surface area contributed by atoms with Crippen LogP contribution in [0.4, 0.5) is 11.5 Å². The molecule has 3 aromatic rings. The van der Waals surface area contributed by atoms with Gasteiger partial charge in [0.05, 0.1) is 11.9 Å². The van der Waals surface area contributed by atoms with Gasteiger partial charge >= 0.3 is 0 Å². The summed E-state index contributed by atoms with van der Waals surface area (Å²) in [5.74, 6) is -0.473. The van der Waals surface area contributed by atoms with Crippen LogP contribution in [0.15, 0.2) is 54.7 Å². The molecule has 9 nitrogen and oxygen atoms in total. The lowest BCUT2D eigenvalue weighted by molar-refractivity contribution is 0.0923. The van der Waals surface area contributed by atoms with E-state index in [1.54, 1.807) is 18.2 Å². The molecule has 0 spiro atoms. The molecular formula is C26H31N7O2. The molecule has 0 saturated carbocycles. The van der Waals surface area contributed by atoms with Crippen molar-refractivity contribution in [2.24, 2.45) is 0 Å². The summed E-state index contributed by atoms with van der Waals surface area (Å²) in [6.07, 6.45) is 3.42. The van der Waals surface area contributed by atoms with Crippen LogP contribution in [-0.2, 0) is 6.54 Å². The van der Waals surface area contributed by atoms with E-state index in [-0.39, 0.29) is 29.4 Å². The van der Waals surface area contributed by atoms with E-state index in [1.165, 1.54) is 6.20 Å². The molecule has 1 unspecified atom stereocenters. The van der Waals surface area contributed by atoms with Crippen molar-refractivity contribution in [1.29, 1.82) is 0 Å². The Labute approximate surface area is 205 Å². The van der Waals surface area contributed by atoms with E-state index in [2.05, 4.69) is 25.9 Å². The van der Waals surface area contributed by atoms with Gasteiger partial charge < -0.3 is 26.6 Å². The van der Waals surface area contributed by atoms with Crippen LogP contribution < -0.4 is 26.6 Å². The number of nitrogen functional groups attached to an aromatic ring is 1. The number of anilines is 2. The Hall–Kier alpha value is -3.98. The fourth-order valence-corrected chi connectivity index (χ4v) is 3.95. The number of piperidine rings is 1. The van der Waals surface area contributed by atoms with Crippen LogP contribution in [0.25, 0.3) is 11.3 Å². The maximum Gasteiger partial charge on any atom is 0.274 e. The molecular weight excluding hydrogens is 442 g/mol. The molecule has 2 amide bonds. The molecule has 182 valence electrons. The number of nitrogens with zero attached hydrogens (tertiary/aromatic N) is 3. The van der Waals surface area contributed by atoms with Gasteiger partial charge in [0.15, 0.2) is 11.5 Å². The topological polar surface area (TPSA) is 125 Å². The number of carbonyl (C=O) groups excluding carboxylic acids is 2. The highest BCUT2D eigenvalue weighted by Gasteiger charge is 2.20. The zero-order chi connectivity index (χ0) is 24.8. The van der Waals surface area contributed by atoms with Crippen LogP contribution >= 0.6 is 0 Å². The predicted molar refractivity (Wildman–Crippen MR) is 137 cm³/mol. The predicted octanol–water partition coefficient (Wildman–Crippen LogP) is 2.20. The monoisotopic (exact) mass is 473 g/mol. The molecule has 0 bridgehead atoms. The molecule has 1 atom stereocenters. The quantitative estimate of drug-likeness (QED) is 0.415. The number of rotatable bonds is 7. The van der Waals surface area contributed by atoms with Gasteiger partial charge in [0, 0.05) is 50.0 Å². The molecule has 2 aromatic carbocycles. The van der Waals surface area contributed by atoms with Crippen LogP contribution in [0.2, 0.25) is 0 Å². The minimum Gasteiger partial charge on any atom is -0.382 e. The summed E-state index contributed by atoms with van der Waals surface area (Å²) < 4.78 is 0. The van der Waals surface area contributed by atoms with Crippen molar-refractivity contribution in [1.82, 2.24) is 25.9 Å². The lowest BCUT2D eigenvalue weighted by Gasteiger charge is -2.23. The Bertz CT molecular complexity index is 1190. The zero-order valence-corrected chi connectivity index (χ0v) is 20.0. The van der Waals surface area contributed by atoms with Crippen molar-refractivity contribution < 1.29 is 9.59 Å². The fraction of sp³-hybridized carbons (Fsp3) is 0.308. The highest BCUT2D eigenvalue weighted by Crippen LogP contribution is 2.20. The Morgan fingerprint density at radius 1 is 1.14 bits per heavy atom. The smallest absolute Gasteiger partial charge is 0.274 e. The fourth-order valence-electron chi connectivity index (χ4n) is 3.95. The minimum atomic E-state index is -0.347. The first-order chi connectivity index (χ1) is 16.9. The number of hydrogen-bond donors (Lipinski definition) is 4. The Kier molecular flexibility index (Phi) is 7.57. The largest absolute Gasteiger partial charge is 0.382 e. The van der Waals surface area contributed by atoms with Gasteiger partial charge in [-0.05, 0) is 49.2 Å². The Morgan fingerprint density at radius 2 is 1.94 bits per heavy atom. The first kappa shape index (κ1) is 24.2. The number of hydrogen-bond acceptors (Lipinski definition) is 7. The van der Waals surface area contributed by atoms with Gasteiger partial charge in [0.2, 0.25) is 0 Å². The number of carbonyl (C=O) groups is 2. The van der Waals surface area contributed by atoms with Gasteiger partial charge in [0.1, 0.15) is 0 Å². The number of nitrogens with two attached hydrogens (primary N) is 1. The molecule has 1 aliphatic heterocycles. The summed E-state index contributed by atoms with van der Waals surface area (Å²) in [4.78, 5) is 36.2. The molecule has 5 N–H and O–H groups in total. The van der Waals surface area contributed by atoms with Crippen molar-refractivity contribution in [2.75, 3.05) is 37.8 Å². The van der Waals surface area contributed by atoms with E-state index in [4.69, 9.17) is 5.73 Å². The Balaban J connectivity index is 1.45. The normalized spacial score (nSPS) is 15.3. The average Bonchev–Trinajstić information content (AvgIpc) is 2.88.